The van der Waals surface area contributed by atoms with Gasteiger partial charge in [0, 0.05) is 16.5 Å². The molecular weight excluding hydrogens is 450 g/mol. The summed E-state index contributed by atoms with van der Waals surface area (Å²) in [5, 5.41) is 1.26. The van der Waals surface area contributed by atoms with E-state index in [0.29, 0.717) is 38.9 Å². The Morgan fingerprint density at radius 2 is 1.71 bits per heavy atom. The Balaban J connectivity index is 1.63. The third kappa shape index (κ3) is 3.82. The van der Waals surface area contributed by atoms with Gasteiger partial charge in [-0.1, -0.05) is 42.1 Å². The van der Waals surface area contributed by atoms with Crippen LogP contribution in [-0.4, -0.2) is 40.3 Å². The van der Waals surface area contributed by atoms with Crippen molar-refractivity contribution in [1.29, 1.82) is 0 Å². The summed E-state index contributed by atoms with van der Waals surface area (Å²) in [6.45, 7) is 0. The summed E-state index contributed by atoms with van der Waals surface area (Å²) < 4.78 is 12.2. The molecule has 0 atom stereocenters. The van der Waals surface area contributed by atoms with Crippen molar-refractivity contribution in [3.63, 3.8) is 0 Å². The van der Waals surface area contributed by atoms with E-state index in [1.165, 1.54) is 16.3 Å². The lowest BCUT2D eigenvalue weighted by molar-refractivity contribution is 0.102. The second-order valence-corrected chi connectivity index (χ2v) is 8.48. The van der Waals surface area contributed by atoms with Crippen molar-refractivity contribution in [3.05, 3.63) is 88.7 Å². The minimum atomic E-state index is -0.259. The van der Waals surface area contributed by atoms with E-state index in [2.05, 4.69) is 4.98 Å². The summed E-state index contributed by atoms with van der Waals surface area (Å²) in [5.74, 6) is 1.25. The molecule has 0 amide bonds. The zero-order valence-electron chi connectivity index (χ0n) is 18.6. The van der Waals surface area contributed by atoms with Crippen LogP contribution in [0.4, 0.5) is 0 Å². The third-order valence-corrected chi connectivity index (χ3v) is 6.50. The number of carbonyl (C=O) groups excluding carboxylic acids is 1. The van der Waals surface area contributed by atoms with Gasteiger partial charge in [0.2, 0.25) is 0 Å². The van der Waals surface area contributed by atoms with Gasteiger partial charge in [0.15, 0.2) is 10.9 Å². The van der Waals surface area contributed by atoms with Crippen LogP contribution in [0.25, 0.3) is 27.6 Å². The van der Waals surface area contributed by atoms with Crippen LogP contribution in [0.2, 0.25) is 0 Å². The standard InChI is InChI=1S/C26H21N3O4S/c1-32-17-13-11-16(12-14-17)21(30)15-34-26-28-23-18-7-3-4-8-19(18)27-24(23)25(31)29(26)20-9-5-6-10-22(20)33-2/h3-14,27H,15H2,1-2H3. The van der Waals surface area contributed by atoms with Crippen molar-refractivity contribution in [2.45, 2.75) is 5.16 Å². The zero-order chi connectivity index (χ0) is 23.7. The number of nitrogens with zero attached hydrogens (tertiary/aromatic N) is 2. The molecule has 2 aromatic heterocycles. The third-order valence-electron chi connectivity index (χ3n) is 5.56. The zero-order valence-corrected chi connectivity index (χ0v) is 19.4. The van der Waals surface area contributed by atoms with Gasteiger partial charge in [-0.3, -0.25) is 9.59 Å². The van der Waals surface area contributed by atoms with Crippen LogP contribution in [0.5, 0.6) is 11.5 Å². The van der Waals surface area contributed by atoms with Crippen molar-refractivity contribution in [2.24, 2.45) is 0 Å². The first-order valence-corrected chi connectivity index (χ1v) is 11.6. The first-order chi connectivity index (χ1) is 16.6. The summed E-state index contributed by atoms with van der Waals surface area (Å²) in [6.07, 6.45) is 0. The first kappa shape index (κ1) is 21.8. The Hall–Kier alpha value is -4.04. The lowest BCUT2D eigenvalue weighted by Crippen LogP contribution is -2.22. The smallest absolute Gasteiger partial charge is 0.283 e. The molecule has 170 valence electrons. The first-order valence-electron chi connectivity index (χ1n) is 10.6. The topological polar surface area (TPSA) is 86.2 Å². The second-order valence-electron chi connectivity index (χ2n) is 7.54. The maximum atomic E-state index is 13.7. The molecule has 0 aliphatic heterocycles. The largest absolute Gasteiger partial charge is 0.497 e. The van der Waals surface area contributed by atoms with Crippen LogP contribution in [0, 0.1) is 0 Å². The molecule has 0 saturated heterocycles. The van der Waals surface area contributed by atoms with Crippen LogP contribution in [0.15, 0.2) is 82.7 Å². The molecular formula is C26H21N3O4S. The highest BCUT2D eigenvalue weighted by Gasteiger charge is 2.20. The van der Waals surface area contributed by atoms with Crippen molar-refractivity contribution in [2.75, 3.05) is 20.0 Å². The number of aromatic amines is 1. The second kappa shape index (κ2) is 9.07. The number of nitrogens with one attached hydrogen (secondary N) is 1. The van der Waals surface area contributed by atoms with Gasteiger partial charge in [-0.25, -0.2) is 9.55 Å². The minimum Gasteiger partial charge on any atom is -0.497 e. The Morgan fingerprint density at radius 3 is 2.47 bits per heavy atom. The number of rotatable bonds is 7. The molecule has 1 N–H and O–H groups in total. The van der Waals surface area contributed by atoms with E-state index in [9.17, 15) is 9.59 Å². The average molecular weight is 472 g/mol. The van der Waals surface area contributed by atoms with E-state index >= 15 is 0 Å². The van der Waals surface area contributed by atoms with Crippen LogP contribution in [0.3, 0.4) is 0 Å². The fourth-order valence-corrected chi connectivity index (χ4v) is 4.75. The highest BCUT2D eigenvalue weighted by molar-refractivity contribution is 7.99. The van der Waals surface area contributed by atoms with Crippen LogP contribution in [-0.2, 0) is 0 Å². The number of hydrogen-bond donors (Lipinski definition) is 1. The molecule has 8 heteroatoms. The molecule has 7 nitrogen and oxygen atoms in total. The predicted molar refractivity (Wildman–Crippen MR) is 134 cm³/mol. The van der Waals surface area contributed by atoms with Crippen molar-refractivity contribution in [1.82, 2.24) is 14.5 Å². The number of aromatic nitrogens is 3. The van der Waals surface area contributed by atoms with E-state index in [0.717, 1.165) is 10.9 Å². The van der Waals surface area contributed by atoms with Crippen LogP contribution < -0.4 is 15.0 Å². The van der Waals surface area contributed by atoms with Gasteiger partial charge in [0.25, 0.3) is 5.56 Å². The van der Waals surface area contributed by atoms with E-state index in [1.807, 2.05) is 36.4 Å². The van der Waals surface area contributed by atoms with Crippen LogP contribution >= 0.6 is 11.8 Å². The molecule has 0 saturated carbocycles. The molecule has 3 aromatic carbocycles. The molecule has 0 unspecified atom stereocenters. The van der Waals surface area contributed by atoms with Crippen LogP contribution in [0.1, 0.15) is 10.4 Å². The van der Waals surface area contributed by atoms with Gasteiger partial charge in [-0.15, -0.1) is 0 Å². The quantitative estimate of drug-likeness (QED) is 0.207. The van der Waals surface area contributed by atoms with Gasteiger partial charge >= 0.3 is 0 Å². The van der Waals surface area contributed by atoms with Gasteiger partial charge in [-0.05, 0) is 42.5 Å². The number of H-pyrrole nitrogens is 1. The summed E-state index contributed by atoms with van der Waals surface area (Å²) in [5.41, 5.74) is 2.66. The van der Waals surface area contributed by atoms with Gasteiger partial charge in [0.1, 0.15) is 22.5 Å². The average Bonchev–Trinajstić information content (AvgIpc) is 3.26. The Bertz CT molecular complexity index is 1570. The highest BCUT2D eigenvalue weighted by Crippen LogP contribution is 2.30. The van der Waals surface area contributed by atoms with E-state index in [1.54, 1.807) is 50.6 Å². The van der Waals surface area contributed by atoms with Crippen molar-refractivity contribution in [3.8, 4) is 17.2 Å². The maximum absolute atomic E-state index is 13.7. The molecule has 0 radical (unpaired) electrons. The number of fused-ring (bicyclic) bond motifs is 3. The lowest BCUT2D eigenvalue weighted by Gasteiger charge is -2.14. The number of methoxy groups -OCH3 is 2. The minimum absolute atomic E-state index is 0.0764. The lowest BCUT2D eigenvalue weighted by atomic mass is 10.1. The number of Topliss-reactive ketones (excluding diaryl/α,β-unsaturated/α-hetero) is 1. The number of hydrogen-bond acceptors (Lipinski definition) is 6. The molecule has 5 rings (SSSR count). The number of thioether (sulfide) groups is 1. The Kier molecular flexibility index (Phi) is 5.81. The van der Waals surface area contributed by atoms with Crippen molar-refractivity contribution < 1.29 is 14.3 Å². The number of ketones is 1. The van der Waals surface area contributed by atoms with Crippen molar-refractivity contribution >= 4 is 39.5 Å². The maximum Gasteiger partial charge on any atom is 0.283 e. The molecule has 0 fully saturated rings. The highest BCUT2D eigenvalue weighted by atomic mass is 32.2. The van der Waals surface area contributed by atoms with Gasteiger partial charge < -0.3 is 14.5 Å². The van der Waals surface area contributed by atoms with E-state index in [4.69, 9.17) is 14.5 Å². The van der Waals surface area contributed by atoms with E-state index in [-0.39, 0.29) is 17.1 Å². The number of para-hydroxylation sites is 3. The molecule has 0 bridgehead atoms. The molecule has 5 aromatic rings. The molecule has 34 heavy (non-hydrogen) atoms. The van der Waals surface area contributed by atoms with E-state index < -0.39 is 0 Å². The predicted octanol–water partition coefficient (Wildman–Crippen LogP) is 4.86. The fourth-order valence-electron chi connectivity index (χ4n) is 3.86. The molecule has 2 heterocycles. The normalized spacial score (nSPS) is 11.1. The number of carbonyl (C=O) groups is 1. The monoisotopic (exact) mass is 471 g/mol. The summed E-state index contributed by atoms with van der Waals surface area (Å²) in [7, 11) is 3.13. The Morgan fingerprint density at radius 1 is 0.971 bits per heavy atom. The number of benzene rings is 3. The molecule has 0 aliphatic carbocycles. The molecule has 0 spiro atoms. The molecule has 0 aliphatic rings. The summed E-state index contributed by atoms with van der Waals surface area (Å²) in [4.78, 5) is 34.6. The Labute approximate surface area is 199 Å². The summed E-state index contributed by atoms with van der Waals surface area (Å²) in [6, 6.07) is 21.8. The van der Waals surface area contributed by atoms with Gasteiger partial charge in [0.05, 0.1) is 25.7 Å². The summed E-state index contributed by atoms with van der Waals surface area (Å²) >= 11 is 1.22. The fraction of sp³-hybridized carbons (Fsp3) is 0.115. The SMILES string of the molecule is COc1ccc(C(=O)CSc2nc3c([nH]c4ccccc43)c(=O)n2-c2ccccc2OC)cc1. The number of ether oxygens (including phenoxy) is 2. The van der Waals surface area contributed by atoms with Gasteiger partial charge in [-0.2, -0.15) is 0 Å².